The predicted molar refractivity (Wildman–Crippen MR) is 86.9 cm³/mol. The second-order valence-electron chi connectivity index (χ2n) is 6.05. The lowest BCUT2D eigenvalue weighted by Gasteiger charge is -2.17. The molecule has 0 aromatic heterocycles. The maximum atomic E-state index is 12.3. The number of nitrogens with one attached hydrogen (secondary N) is 1. The third-order valence-corrected chi connectivity index (χ3v) is 5.73. The van der Waals surface area contributed by atoms with Crippen molar-refractivity contribution in [3.05, 3.63) is 23.8 Å². The van der Waals surface area contributed by atoms with Gasteiger partial charge in [-0.15, -0.1) is 0 Å². The molecule has 0 spiro atoms. The number of hydrogen-bond donors (Lipinski definition) is 1. The van der Waals surface area contributed by atoms with E-state index in [9.17, 15) is 13.2 Å². The van der Waals surface area contributed by atoms with E-state index in [4.69, 9.17) is 4.74 Å². The molecule has 6 nitrogen and oxygen atoms in total. The van der Waals surface area contributed by atoms with Crippen LogP contribution in [0.5, 0.6) is 0 Å². The predicted octanol–water partition coefficient (Wildman–Crippen LogP) is 1.30. The zero-order valence-corrected chi connectivity index (χ0v) is 14.1. The molecule has 1 aromatic carbocycles. The van der Waals surface area contributed by atoms with Gasteiger partial charge < -0.3 is 9.64 Å². The highest BCUT2D eigenvalue weighted by atomic mass is 32.2. The molecule has 0 atom stereocenters. The normalized spacial score (nSPS) is 17.3. The number of benzene rings is 1. The summed E-state index contributed by atoms with van der Waals surface area (Å²) < 4.78 is 32.1. The van der Waals surface area contributed by atoms with Gasteiger partial charge in [0.2, 0.25) is 15.9 Å². The highest BCUT2D eigenvalue weighted by Crippen LogP contribution is 2.37. The van der Waals surface area contributed by atoms with Crippen LogP contribution in [0.2, 0.25) is 0 Å². The fourth-order valence-electron chi connectivity index (χ4n) is 2.83. The van der Waals surface area contributed by atoms with Gasteiger partial charge in [0.1, 0.15) is 0 Å². The first-order chi connectivity index (χ1) is 11.0. The summed E-state index contributed by atoms with van der Waals surface area (Å²) in [6.07, 6.45) is 3.29. The SMILES string of the molecule is COCCCNS(=O)(=O)c1ccc2c(c1)CCN2C(=O)C1CC1. The number of ether oxygens (including phenoxy) is 1. The molecule has 1 amide bonds. The molecule has 2 aliphatic rings. The van der Waals surface area contributed by atoms with E-state index in [0.29, 0.717) is 32.5 Å². The number of anilines is 1. The molecule has 23 heavy (non-hydrogen) atoms. The van der Waals surface area contributed by atoms with Crippen molar-refractivity contribution in [3.63, 3.8) is 0 Å². The Hall–Kier alpha value is -1.44. The van der Waals surface area contributed by atoms with Crippen molar-refractivity contribution in [1.29, 1.82) is 0 Å². The lowest BCUT2D eigenvalue weighted by atomic mass is 10.2. The van der Waals surface area contributed by atoms with Crippen molar-refractivity contribution in [2.24, 2.45) is 5.92 Å². The Morgan fingerprint density at radius 3 is 2.87 bits per heavy atom. The van der Waals surface area contributed by atoms with E-state index in [1.165, 1.54) is 0 Å². The topological polar surface area (TPSA) is 75.7 Å². The first-order valence-corrected chi connectivity index (χ1v) is 9.44. The van der Waals surface area contributed by atoms with Crippen LogP contribution in [0.4, 0.5) is 5.69 Å². The Bertz CT molecular complexity index is 698. The summed E-state index contributed by atoms with van der Waals surface area (Å²) in [7, 11) is -1.93. The van der Waals surface area contributed by atoms with Crippen LogP contribution in [0.1, 0.15) is 24.8 Å². The lowest BCUT2D eigenvalue weighted by Crippen LogP contribution is -2.30. The minimum absolute atomic E-state index is 0.173. The molecule has 7 heteroatoms. The van der Waals surface area contributed by atoms with Gasteiger partial charge in [-0.2, -0.15) is 0 Å². The molecule has 1 aromatic rings. The number of rotatable bonds is 7. The van der Waals surface area contributed by atoms with Gasteiger partial charge in [0.15, 0.2) is 0 Å². The molecule has 0 saturated heterocycles. The van der Waals surface area contributed by atoms with Crippen LogP contribution < -0.4 is 9.62 Å². The van der Waals surface area contributed by atoms with Gasteiger partial charge in [0.25, 0.3) is 0 Å². The van der Waals surface area contributed by atoms with Crippen molar-refractivity contribution in [2.45, 2.75) is 30.6 Å². The minimum atomic E-state index is -3.51. The molecule has 0 unspecified atom stereocenters. The number of carbonyl (C=O) groups excluding carboxylic acids is 1. The minimum Gasteiger partial charge on any atom is -0.385 e. The number of hydrogen-bond acceptors (Lipinski definition) is 4. The first kappa shape index (κ1) is 16.4. The van der Waals surface area contributed by atoms with Crippen LogP contribution in [-0.2, 0) is 26.0 Å². The zero-order chi connectivity index (χ0) is 16.4. The standard InChI is InChI=1S/C16H22N2O4S/c1-22-10-2-8-17-23(20,21)14-5-6-15-13(11-14)7-9-18(15)16(19)12-3-4-12/h5-6,11-12,17H,2-4,7-10H2,1H3. The van der Waals surface area contributed by atoms with Crippen molar-refractivity contribution in [2.75, 3.05) is 31.7 Å². The Labute approximate surface area is 136 Å². The van der Waals surface area contributed by atoms with Gasteiger partial charge >= 0.3 is 0 Å². The Kier molecular flexibility index (Phi) is 4.70. The van der Waals surface area contributed by atoms with E-state index in [-0.39, 0.29) is 16.7 Å². The maximum Gasteiger partial charge on any atom is 0.240 e. The monoisotopic (exact) mass is 338 g/mol. The van der Waals surface area contributed by atoms with E-state index in [1.807, 2.05) is 0 Å². The smallest absolute Gasteiger partial charge is 0.240 e. The molecular formula is C16H22N2O4S. The molecule has 1 N–H and O–H groups in total. The zero-order valence-electron chi connectivity index (χ0n) is 13.2. The molecular weight excluding hydrogens is 316 g/mol. The third kappa shape index (κ3) is 3.57. The van der Waals surface area contributed by atoms with Crippen molar-refractivity contribution < 1.29 is 17.9 Å². The fraction of sp³-hybridized carbons (Fsp3) is 0.562. The molecule has 126 valence electrons. The molecule has 1 fully saturated rings. The van der Waals surface area contributed by atoms with Crippen LogP contribution in [0.3, 0.4) is 0 Å². The van der Waals surface area contributed by atoms with Crippen molar-refractivity contribution in [3.8, 4) is 0 Å². The maximum absolute atomic E-state index is 12.3. The van der Waals surface area contributed by atoms with Crippen LogP contribution in [0.15, 0.2) is 23.1 Å². The highest BCUT2D eigenvalue weighted by Gasteiger charge is 2.36. The summed E-state index contributed by atoms with van der Waals surface area (Å²) in [4.78, 5) is 14.3. The van der Waals surface area contributed by atoms with Gasteiger partial charge in [-0.3, -0.25) is 4.79 Å². The van der Waals surface area contributed by atoms with Gasteiger partial charge in [-0.25, -0.2) is 13.1 Å². The molecule has 1 heterocycles. The number of sulfonamides is 1. The lowest BCUT2D eigenvalue weighted by molar-refractivity contribution is -0.119. The van der Waals surface area contributed by atoms with Crippen molar-refractivity contribution >= 4 is 21.6 Å². The second-order valence-corrected chi connectivity index (χ2v) is 7.82. The van der Waals surface area contributed by atoms with Crippen molar-refractivity contribution in [1.82, 2.24) is 4.72 Å². The average Bonchev–Trinajstić information content (AvgIpc) is 3.30. The number of amides is 1. The van der Waals surface area contributed by atoms with Crippen LogP contribution in [0, 0.1) is 5.92 Å². The number of carbonyl (C=O) groups is 1. The first-order valence-electron chi connectivity index (χ1n) is 7.96. The van der Waals surface area contributed by atoms with E-state index >= 15 is 0 Å². The van der Waals surface area contributed by atoms with Crippen LogP contribution in [0.25, 0.3) is 0 Å². The molecule has 0 radical (unpaired) electrons. The van der Waals surface area contributed by atoms with Gasteiger partial charge in [-0.05, 0) is 49.4 Å². The van der Waals surface area contributed by atoms with E-state index in [1.54, 1.807) is 30.2 Å². The number of methoxy groups -OCH3 is 1. The van der Waals surface area contributed by atoms with Crippen LogP contribution in [-0.4, -0.2) is 41.1 Å². The summed E-state index contributed by atoms with van der Waals surface area (Å²) in [6, 6.07) is 5.02. The number of fused-ring (bicyclic) bond motifs is 1. The summed E-state index contributed by atoms with van der Waals surface area (Å²) in [6.45, 7) is 1.51. The number of nitrogens with zero attached hydrogens (tertiary/aromatic N) is 1. The Morgan fingerprint density at radius 1 is 1.39 bits per heavy atom. The summed E-state index contributed by atoms with van der Waals surface area (Å²) in [5.41, 5.74) is 1.79. The third-order valence-electron chi connectivity index (χ3n) is 4.27. The van der Waals surface area contributed by atoms with Gasteiger partial charge in [0, 0.05) is 38.4 Å². The Balaban J connectivity index is 1.72. The van der Waals surface area contributed by atoms with E-state index in [2.05, 4.69) is 4.72 Å². The largest absolute Gasteiger partial charge is 0.385 e. The molecule has 1 saturated carbocycles. The second kappa shape index (κ2) is 6.59. The average molecular weight is 338 g/mol. The Morgan fingerprint density at radius 2 is 2.17 bits per heavy atom. The molecule has 1 aliphatic carbocycles. The van der Waals surface area contributed by atoms with Gasteiger partial charge in [0.05, 0.1) is 4.90 Å². The quantitative estimate of drug-likeness (QED) is 0.761. The summed E-state index contributed by atoms with van der Waals surface area (Å²) >= 11 is 0. The molecule has 0 bridgehead atoms. The van der Waals surface area contributed by atoms with Gasteiger partial charge in [-0.1, -0.05) is 0 Å². The molecule has 3 rings (SSSR count). The highest BCUT2D eigenvalue weighted by molar-refractivity contribution is 7.89. The van der Waals surface area contributed by atoms with E-state index in [0.717, 1.165) is 24.1 Å². The summed E-state index contributed by atoms with van der Waals surface area (Å²) in [5.74, 6) is 0.351. The van der Waals surface area contributed by atoms with E-state index < -0.39 is 10.0 Å². The molecule has 1 aliphatic heterocycles. The summed E-state index contributed by atoms with van der Waals surface area (Å²) in [5, 5.41) is 0. The van der Waals surface area contributed by atoms with Crippen LogP contribution >= 0.6 is 0 Å². The fourth-order valence-corrected chi connectivity index (χ4v) is 3.96.